The predicted octanol–water partition coefficient (Wildman–Crippen LogP) is 2.41. The first-order chi connectivity index (χ1) is 13.7. The van der Waals surface area contributed by atoms with Gasteiger partial charge in [-0.25, -0.2) is 0 Å². The molecule has 0 unspecified atom stereocenters. The van der Waals surface area contributed by atoms with Gasteiger partial charge in [0.25, 0.3) is 5.91 Å². The summed E-state index contributed by atoms with van der Waals surface area (Å²) in [7, 11) is 1.82. The number of benzene rings is 2. The number of ether oxygens (including phenoxy) is 2. The van der Waals surface area contributed by atoms with Gasteiger partial charge in [-0.05, 0) is 36.8 Å². The summed E-state index contributed by atoms with van der Waals surface area (Å²) in [4.78, 5) is 12.9. The van der Waals surface area contributed by atoms with Gasteiger partial charge in [-0.3, -0.25) is 9.48 Å². The summed E-state index contributed by atoms with van der Waals surface area (Å²) in [5.41, 5.74) is 1.88. The average molecular weight is 376 g/mol. The van der Waals surface area contributed by atoms with Gasteiger partial charge < -0.3 is 14.8 Å². The molecule has 0 radical (unpaired) electrons. The van der Waals surface area contributed by atoms with Crippen LogP contribution in [0.5, 0.6) is 5.75 Å². The van der Waals surface area contributed by atoms with Gasteiger partial charge in [0.15, 0.2) is 5.69 Å². The topological polar surface area (TPSA) is 89.2 Å². The SMILES string of the molecule is Cn1nc(C(=O)N[C@@H]2CCOC[C@H]2Oc2ccc(C#N)cc2)c2ccccc21. The molecule has 1 aliphatic heterocycles. The number of hydrogen-bond donors (Lipinski definition) is 1. The second-order valence-corrected chi connectivity index (χ2v) is 6.73. The van der Waals surface area contributed by atoms with Gasteiger partial charge in [-0.1, -0.05) is 18.2 Å². The first-order valence-corrected chi connectivity index (χ1v) is 9.13. The molecule has 0 aliphatic carbocycles. The first-order valence-electron chi connectivity index (χ1n) is 9.13. The highest BCUT2D eigenvalue weighted by Gasteiger charge is 2.30. The highest BCUT2D eigenvalue weighted by atomic mass is 16.5. The van der Waals surface area contributed by atoms with Crippen molar-refractivity contribution in [2.24, 2.45) is 7.05 Å². The van der Waals surface area contributed by atoms with Crippen LogP contribution >= 0.6 is 0 Å². The average Bonchev–Trinajstić information content (AvgIpc) is 3.07. The largest absolute Gasteiger partial charge is 0.486 e. The summed E-state index contributed by atoms with van der Waals surface area (Å²) in [6.45, 7) is 0.940. The zero-order chi connectivity index (χ0) is 19.5. The number of para-hydroxylation sites is 1. The maximum Gasteiger partial charge on any atom is 0.272 e. The predicted molar refractivity (Wildman–Crippen MR) is 103 cm³/mol. The fourth-order valence-corrected chi connectivity index (χ4v) is 3.39. The van der Waals surface area contributed by atoms with Crippen molar-refractivity contribution in [2.75, 3.05) is 13.2 Å². The minimum atomic E-state index is -0.319. The van der Waals surface area contributed by atoms with Gasteiger partial charge in [0.2, 0.25) is 0 Å². The van der Waals surface area contributed by atoms with Crippen LogP contribution in [0, 0.1) is 11.3 Å². The van der Waals surface area contributed by atoms with Crippen LogP contribution < -0.4 is 10.1 Å². The highest BCUT2D eigenvalue weighted by Crippen LogP contribution is 2.21. The Morgan fingerprint density at radius 2 is 2.07 bits per heavy atom. The van der Waals surface area contributed by atoms with Gasteiger partial charge in [0, 0.05) is 19.0 Å². The molecule has 1 fully saturated rings. The molecule has 142 valence electrons. The lowest BCUT2D eigenvalue weighted by Gasteiger charge is -2.32. The molecule has 28 heavy (non-hydrogen) atoms. The standard InChI is InChI=1S/C21H20N4O3/c1-25-18-5-3-2-4-16(18)20(24-25)21(26)23-17-10-11-27-13-19(17)28-15-8-6-14(12-22)7-9-15/h2-9,17,19H,10-11,13H2,1H3,(H,23,26)/t17-,19-/m1/s1. The van der Waals surface area contributed by atoms with E-state index in [2.05, 4.69) is 16.5 Å². The molecule has 1 amide bonds. The molecular weight excluding hydrogens is 356 g/mol. The van der Waals surface area contributed by atoms with E-state index in [4.69, 9.17) is 14.7 Å². The molecule has 0 bridgehead atoms. The minimum absolute atomic E-state index is 0.197. The fourth-order valence-electron chi connectivity index (χ4n) is 3.39. The number of carbonyl (C=O) groups excluding carboxylic acids is 1. The first kappa shape index (κ1) is 18.0. The molecule has 1 aromatic heterocycles. The van der Waals surface area contributed by atoms with Gasteiger partial charge in [-0.15, -0.1) is 0 Å². The molecule has 2 aromatic carbocycles. The normalized spacial score (nSPS) is 19.1. The van der Waals surface area contributed by atoms with Crippen molar-refractivity contribution in [3.05, 3.63) is 59.8 Å². The second kappa shape index (κ2) is 7.71. The van der Waals surface area contributed by atoms with Crippen LogP contribution in [0.15, 0.2) is 48.5 Å². The minimum Gasteiger partial charge on any atom is -0.486 e. The van der Waals surface area contributed by atoms with E-state index in [1.54, 1.807) is 28.9 Å². The number of carbonyl (C=O) groups is 1. The number of nitrogens with zero attached hydrogens (tertiary/aromatic N) is 3. The lowest BCUT2D eigenvalue weighted by atomic mass is 10.1. The van der Waals surface area contributed by atoms with Gasteiger partial charge >= 0.3 is 0 Å². The number of amides is 1. The Morgan fingerprint density at radius 3 is 2.86 bits per heavy atom. The number of rotatable bonds is 4. The Bertz CT molecular complexity index is 1040. The van der Waals surface area contributed by atoms with Crippen molar-refractivity contribution < 1.29 is 14.3 Å². The van der Waals surface area contributed by atoms with E-state index >= 15 is 0 Å². The van der Waals surface area contributed by atoms with E-state index in [0.717, 1.165) is 10.9 Å². The summed E-state index contributed by atoms with van der Waals surface area (Å²) >= 11 is 0. The number of fused-ring (bicyclic) bond motifs is 1. The Kier molecular flexibility index (Phi) is 4.96. The molecule has 3 aromatic rings. The third-order valence-electron chi connectivity index (χ3n) is 4.86. The van der Waals surface area contributed by atoms with Crippen molar-refractivity contribution >= 4 is 16.8 Å². The van der Waals surface area contributed by atoms with E-state index in [-0.39, 0.29) is 18.1 Å². The lowest BCUT2D eigenvalue weighted by molar-refractivity contribution is -0.0135. The molecule has 1 saturated heterocycles. The van der Waals surface area contributed by atoms with E-state index in [1.807, 2.05) is 31.3 Å². The van der Waals surface area contributed by atoms with Crippen LogP contribution in [0.3, 0.4) is 0 Å². The smallest absolute Gasteiger partial charge is 0.272 e. The van der Waals surface area contributed by atoms with Crippen LogP contribution in [-0.2, 0) is 11.8 Å². The van der Waals surface area contributed by atoms with Crippen molar-refractivity contribution in [1.29, 1.82) is 5.26 Å². The maximum absolute atomic E-state index is 12.9. The van der Waals surface area contributed by atoms with Crippen LogP contribution in [0.4, 0.5) is 0 Å². The fraction of sp³-hybridized carbons (Fsp3) is 0.286. The Labute approximate surface area is 162 Å². The molecule has 0 spiro atoms. The molecule has 4 rings (SSSR count). The van der Waals surface area contributed by atoms with Gasteiger partial charge in [0.05, 0.1) is 29.8 Å². The number of hydrogen-bond acceptors (Lipinski definition) is 5. The zero-order valence-corrected chi connectivity index (χ0v) is 15.5. The zero-order valence-electron chi connectivity index (χ0n) is 15.5. The van der Waals surface area contributed by atoms with E-state index in [0.29, 0.717) is 36.6 Å². The number of nitriles is 1. The highest BCUT2D eigenvalue weighted by molar-refractivity contribution is 6.04. The van der Waals surface area contributed by atoms with Gasteiger partial charge in [0.1, 0.15) is 11.9 Å². The van der Waals surface area contributed by atoms with E-state index in [9.17, 15) is 4.79 Å². The molecule has 7 heteroatoms. The lowest BCUT2D eigenvalue weighted by Crippen LogP contribution is -2.51. The van der Waals surface area contributed by atoms with Crippen LogP contribution in [-0.4, -0.2) is 41.0 Å². The number of aryl methyl sites for hydroxylation is 1. The van der Waals surface area contributed by atoms with Crippen molar-refractivity contribution in [3.63, 3.8) is 0 Å². The summed E-state index contributed by atoms with van der Waals surface area (Å²) < 4.78 is 13.3. The molecule has 2 atom stereocenters. The molecule has 0 saturated carbocycles. The number of nitrogens with one attached hydrogen (secondary N) is 1. The Hall–Kier alpha value is -3.37. The summed E-state index contributed by atoms with van der Waals surface area (Å²) in [6, 6.07) is 16.4. The molecular formula is C21H20N4O3. The third kappa shape index (κ3) is 3.55. The second-order valence-electron chi connectivity index (χ2n) is 6.73. The molecule has 1 aliphatic rings. The Morgan fingerprint density at radius 1 is 1.29 bits per heavy atom. The van der Waals surface area contributed by atoms with Crippen LogP contribution in [0.2, 0.25) is 0 Å². The van der Waals surface area contributed by atoms with Gasteiger partial charge in [-0.2, -0.15) is 10.4 Å². The summed E-state index contributed by atoms with van der Waals surface area (Å²) in [6.07, 6.45) is 0.331. The van der Waals surface area contributed by atoms with E-state index < -0.39 is 0 Å². The van der Waals surface area contributed by atoms with Crippen LogP contribution in [0.25, 0.3) is 10.9 Å². The van der Waals surface area contributed by atoms with Crippen LogP contribution in [0.1, 0.15) is 22.5 Å². The monoisotopic (exact) mass is 376 g/mol. The third-order valence-corrected chi connectivity index (χ3v) is 4.86. The molecule has 1 N–H and O–H groups in total. The molecule has 2 heterocycles. The summed E-state index contributed by atoms with van der Waals surface area (Å²) in [5, 5.41) is 17.2. The summed E-state index contributed by atoms with van der Waals surface area (Å²) in [5.74, 6) is 0.411. The van der Waals surface area contributed by atoms with Crippen molar-refractivity contribution in [3.8, 4) is 11.8 Å². The van der Waals surface area contributed by atoms with Crippen molar-refractivity contribution in [2.45, 2.75) is 18.6 Å². The van der Waals surface area contributed by atoms with Crippen molar-refractivity contribution in [1.82, 2.24) is 15.1 Å². The quantitative estimate of drug-likeness (QED) is 0.755. The van der Waals surface area contributed by atoms with E-state index in [1.165, 1.54) is 0 Å². The maximum atomic E-state index is 12.9. The number of aromatic nitrogens is 2. The molecule has 7 nitrogen and oxygen atoms in total. The Balaban J connectivity index is 1.51.